The summed E-state index contributed by atoms with van der Waals surface area (Å²) in [5.41, 5.74) is 1.07. The van der Waals surface area contributed by atoms with Crippen LogP contribution in [0.3, 0.4) is 0 Å². The van der Waals surface area contributed by atoms with E-state index < -0.39 is 29.1 Å². The van der Waals surface area contributed by atoms with E-state index >= 15 is 0 Å². The van der Waals surface area contributed by atoms with E-state index in [0.29, 0.717) is 19.5 Å². The van der Waals surface area contributed by atoms with Gasteiger partial charge in [-0.1, -0.05) is 60.7 Å². The van der Waals surface area contributed by atoms with Crippen molar-refractivity contribution in [3.8, 4) is 0 Å². The van der Waals surface area contributed by atoms with E-state index in [1.807, 2.05) is 93.6 Å². The lowest BCUT2D eigenvalue weighted by Crippen LogP contribution is -2.56. The Balaban J connectivity index is 1.48. The van der Waals surface area contributed by atoms with Crippen LogP contribution in [0.15, 0.2) is 72.8 Å². The average Bonchev–Trinajstić information content (AvgIpc) is 3.20. The van der Waals surface area contributed by atoms with Crippen LogP contribution < -0.4 is 9.80 Å². The highest BCUT2D eigenvalue weighted by Gasteiger charge is 2.74. The molecule has 2 aromatic rings. The van der Waals surface area contributed by atoms with Crippen molar-refractivity contribution in [2.45, 2.75) is 44.4 Å². The zero-order valence-electron chi connectivity index (χ0n) is 23.1. The number of fused-ring (bicyclic) bond motifs is 2. The number of carbonyl (C=O) groups is 3. The topological polar surface area (TPSA) is 90.4 Å². The molecule has 4 aliphatic rings. The van der Waals surface area contributed by atoms with Gasteiger partial charge in [-0.05, 0) is 50.5 Å². The van der Waals surface area contributed by atoms with Crippen LogP contribution in [0.1, 0.15) is 24.5 Å². The Kier molecular flexibility index (Phi) is 6.43. The standard InChI is InChI=1S/C32H35N3O5/c1-21-11-7-12-22(2)26(21)34-18-9-16-32-25(29(38)35(19-10-20-36)27(32)30(34)39)24-28(37)33(23-13-5-4-6-14-23)17-8-15-31(24,3)40-32/h4-9,11-16,24-25,27,36H,10,17-20H2,1-3H3/t24-,25+,27?,31+,32+/m1/s1. The molecule has 0 aromatic heterocycles. The average molecular weight is 542 g/mol. The lowest BCUT2D eigenvalue weighted by Gasteiger charge is -2.38. The van der Waals surface area contributed by atoms with E-state index in [-0.39, 0.29) is 30.9 Å². The molecule has 5 atom stereocenters. The highest BCUT2D eigenvalue weighted by atomic mass is 16.5. The fourth-order valence-electron chi connectivity index (χ4n) is 7.27. The number of aliphatic hydroxyl groups is 1. The molecule has 1 unspecified atom stereocenters. The van der Waals surface area contributed by atoms with E-state index in [4.69, 9.17) is 4.74 Å². The van der Waals surface area contributed by atoms with Crippen molar-refractivity contribution in [3.05, 3.63) is 84.0 Å². The van der Waals surface area contributed by atoms with Crippen molar-refractivity contribution < 1.29 is 24.2 Å². The molecule has 2 saturated heterocycles. The maximum atomic E-state index is 14.6. The highest BCUT2D eigenvalue weighted by Crippen LogP contribution is 2.57. The van der Waals surface area contributed by atoms with E-state index in [1.54, 1.807) is 14.7 Å². The third-order valence-electron chi connectivity index (χ3n) is 8.89. The number of rotatable bonds is 5. The molecule has 8 heteroatoms. The van der Waals surface area contributed by atoms with E-state index in [2.05, 4.69) is 0 Å². The van der Waals surface area contributed by atoms with Gasteiger partial charge in [0.15, 0.2) is 0 Å². The van der Waals surface area contributed by atoms with Gasteiger partial charge < -0.3 is 24.5 Å². The molecule has 40 heavy (non-hydrogen) atoms. The highest BCUT2D eigenvalue weighted by molar-refractivity contribution is 6.08. The number of aryl methyl sites for hydroxylation is 2. The normalized spacial score (nSPS) is 31.2. The molecular formula is C32H35N3O5. The summed E-state index contributed by atoms with van der Waals surface area (Å²) in [6.07, 6.45) is 7.88. The molecule has 1 spiro atoms. The third kappa shape index (κ3) is 3.77. The van der Waals surface area contributed by atoms with Gasteiger partial charge in [0.05, 0.1) is 17.4 Å². The molecule has 6 rings (SSSR count). The molecule has 4 aliphatic heterocycles. The Bertz CT molecular complexity index is 1400. The van der Waals surface area contributed by atoms with Gasteiger partial charge in [-0.25, -0.2) is 0 Å². The van der Waals surface area contributed by atoms with Crippen LogP contribution in [0.4, 0.5) is 11.4 Å². The van der Waals surface area contributed by atoms with E-state index in [9.17, 15) is 19.5 Å². The summed E-state index contributed by atoms with van der Waals surface area (Å²) in [6, 6.07) is 14.3. The first-order valence-corrected chi connectivity index (χ1v) is 13.9. The molecule has 4 heterocycles. The molecule has 0 aliphatic carbocycles. The van der Waals surface area contributed by atoms with Crippen LogP contribution in [0.2, 0.25) is 0 Å². The summed E-state index contributed by atoms with van der Waals surface area (Å²) in [5.74, 6) is -2.45. The predicted octanol–water partition coefficient (Wildman–Crippen LogP) is 3.16. The first kappa shape index (κ1) is 26.5. The predicted molar refractivity (Wildman–Crippen MR) is 152 cm³/mol. The zero-order valence-corrected chi connectivity index (χ0v) is 23.1. The summed E-state index contributed by atoms with van der Waals surface area (Å²) in [5, 5.41) is 9.65. The van der Waals surface area contributed by atoms with E-state index in [1.165, 1.54) is 0 Å². The fourth-order valence-corrected chi connectivity index (χ4v) is 7.27. The van der Waals surface area contributed by atoms with Gasteiger partial charge in [0, 0.05) is 37.6 Å². The molecule has 1 N–H and O–H groups in total. The van der Waals surface area contributed by atoms with Crippen LogP contribution in [-0.4, -0.2) is 71.2 Å². The Hall–Kier alpha value is -3.75. The second kappa shape index (κ2) is 9.71. The van der Waals surface area contributed by atoms with E-state index in [0.717, 1.165) is 22.5 Å². The van der Waals surface area contributed by atoms with Crippen LogP contribution in [-0.2, 0) is 19.1 Å². The summed E-state index contributed by atoms with van der Waals surface area (Å²) >= 11 is 0. The molecule has 3 amide bonds. The van der Waals surface area contributed by atoms with Gasteiger partial charge in [0.1, 0.15) is 11.6 Å². The van der Waals surface area contributed by atoms with Gasteiger partial charge in [-0.2, -0.15) is 0 Å². The molecule has 0 radical (unpaired) electrons. The van der Waals surface area contributed by atoms with Crippen LogP contribution in [0, 0.1) is 25.7 Å². The number of amides is 3. The Labute approximate surface area is 234 Å². The number of nitrogens with zero attached hydrogens (tertiary/aromatic N) is 3. The molecule has 2 aromatic carbocycles. The molecule has 0 saturated carbocycles. The quantitative estimate of drug-likeness (QED) is 0.588. The molecule has 208 valence electrons. The van der Waals surface area contributed by atoms with Crippen LogP contribution in [0.25, 0.3) is 0 Å². The molecule has 8 nitrogen and oxygen atoms in total. The number of likely N-dealkylation sites (tertiary alicyclic amines) is 1. The van der Waals surface area contributed by atoms with Crippen molar-refractivity contribution in [1.29, 1.82) is 0 Å². The van der Waals surface area contributed by atoms with Gasteiger partial charge >= 0.3 is 0 Å². The molecular weight excluding hydrogens is 506 g/mol. The second-order valence-corrected chi connectivity index (χ2v) is 11.4. The van der Waals surface area contributed by atoms with Crippen LogP contribution >= 0.6 is 0 Å². The third-order valence-corrected chi connectivity index (χ3v) is 8.89. The lowest BCUT2D eigenvalue weighted by atomic mass is 9.74. The smallest absolute Gasteiger partial charge is 0.253 e. The van der Waals surface area contributed by atoms with Crippen molar-refractivity contribution in [3.63, 3.8) is 0 Å². The maximum Gasteiger partial charge on any atom is 0.253 e. The number of para-hydroxylation sites is 2. The summed E-state index contributed by atoms with van der Waals surface area (Å²) < 4.78 is 6.89. The Morgan fingerprint density at radius 2 is 1.52 bits per heavy atom. The SMILES string of the molecule is Cc1cccc(C)c1N1CC=C[C@]23O[C@@]4(C)C=CCN(c5ccccc5)C(=O)[C@H]4[C@H]2C(=O)N(CCCO)C3C1=O. The minimum absolute atomic E-state index is 0.121. The summed E-state index contributed by atoms with van der Waals surface area (Å²) in [6.45, 7) is 6.55. The number of benzene rings is 2. The Morgan fingerprint density at radius 3 is 2.23 bits per heavy atom. The van der Waals surface area contributed by atoms with Crippen molar-refractivity contribution in [2.75, 3.05) is 36.0 Å². The number of carbonyl (C=O) groups excluding carboxylic acids is 3. The van der Waals surface area contributed by atoms with Gasteiger partial charge in [0.25, 0.3) is 5.91 Å². The number of aliphatic hydroxyl groups excluding tert-OH is 1. The first-order chi connectivity index (χ1) is 19.2. The maximum absolute atomic E-state index is 14.6. The molecule has 0 bridgehead atoms. The minimum Gasteiger partial charge on any atom is -0.396 e. The lowest BCUT2D eigenvalue weighted by molar-refractivity contribution is -0.144. The zero-order chi connectivity index (χ0) is 28.2. The van der Waals surface area contributed by atoms with Crippen molar-refractivity contribution >= 4 is 29.1 Å². The van der Waals surface area contributed by atoms with Crippen molar-refractivity contribution in [2.24, 2.45) is 11.8 Å². The number of hydrogen-bond donors (Lipinski definition) is 1. The van der Waals surface area contributed by atoms with Crippen LogP contribution in [0.5, 0.6) is 0 Å². The number of anilines is 2. The monoisotopic (exact) mass is 541 g/mol. The number of hydrogen-bond acceptors (Lipinski definition) is 5. The van der Waals surface area contributed by atoms with Gasteiger partial charge in [-0.3, -0.25) is 14.4 Å². The van der Waals surface area contributed by atoms with Crippen molar-refractivity contribution in [1.82, 2.24) is 4.90 Å². The summed E-state index contributed by atoms with van der Waals surface area (Å²) in [7, 11) is 0. The first-order valence-electron chi connectivity index (χ1n) is 13.9. The largest absolute Gasteiger partial charge is 0.396 e. The minimum atomic E-state index is -1.33. The number of ether oxygens (including phenoxy) is 1. The van der Waals surface area contributed by atoms with Gasteiger partial charge in [0.2, 0.25) is 11.8 Å². The molecule has 2 fully saturated rings. The van der Waals surface area contributed by atoms with Gasteiger partial charge in [-0.15, -0.1) is 0 Å². The second-order valence-electron chi connectivity index (χ2n) is 11.4. The fraction of sp³-hybridized carbons (Fsp3) is 0.406. The Morgan fingerprint density at radius 1 is 0.850 bits per heavy atom. The summed E-state index contributed by atoms with van der Waals surface area (Å²) in [4.78, 5) is 48.2.